The Kier molecular flexibility index (Phi) is 15.0. The highest BCUT2D eigenvalue weighted by atomic mass is 79.9. The average molecular weight is 373 g/mol. The predicted molar refractivity (Wildman–Crippen MR) is 102 cm³/mol. The van der Waals surface area contributed by atoms with Gasteiger partial charge in [-0.15, -0.1) is 0 Å². The molecule has 0 spiro atoms. The summed E-state index contributed by atoms with van der Waals surface area (Å²) in [5.74, 6) is 0.479. The molecule has 1 atom stereocenters. The van der Waals surface area contributed by atoms with Crippen LogP contribution in [0.5, 0.6) is 0 Å². The van der Waals surface area contributed by atoms with E-state index in [9.17, 15) is 0 Å². The van der Waals surface area contributed by atoms with E-state index in [-0.39, 0.29) is 0 Å². The van der Waals surface area contributed by atoms with Crippen molar-refractivity contribution in [3.8, 4) is 0 Å². The smallest absolute Gasteiger partial charge is 0.0408 e. The predicted octanol–water partition coefficient (Wildman–Crippen LogP) is 7.15. The summed E-state index contributed by atoms with van der Waals surface area (Å²) in [7, 11) is 0. The molecule has 21 heavy (non-hydrogen) atoms. The largest absolute Gasteiger partial charge is 0.308 e. The molecule has 0 aliphatic rings. The first-order chi connectivity index (χ1) is 9.96. The van der Waals surface area contributed by atoms with Gasteiger partial charge < -0.3 is 5.41 Å². The van der Waals surface area contributed by atoms with Crippen LogP contribution in [0, 0.1) is 5.41 Å². The van der Waals surface area contributed by atoms with E-state index in [1.165, 1.54) is 11.1 Å². The maximum Gasteiger partial charge on any atom is 0.0408 e. The maximum atomic E-state index is 6.39. The molecule has 1 nitrogen and oxygen atoms in total. The van der Waals surface area contributed by atoms with Crippen LogP contribution in [-0.4, -0.2) is 6.21 Å². The van der Waals surface area contributed by atoms with E-state index < -0.39 is 0 Å². The van der Waals surface area contributed by atoms with Crippen LogP contribution < -0.4 is 0 Å². The minimum Gasteiger partial charge on any atom is -0.308 e. The van der Waals surface area contributed by atoms with Crippen LogP contribution in [0.2, 0.25) is 5.02 Å². The Morgan fingerprint density at radius 3 is 2.33 bits per heavy atom. The Bertz CT molecular complexity index is 453. The summed E-state index contributed by atoms with van der Waals surface area (Å²) >= 11 is 8.90. The lowest BCUT2D eigenvalue weighted by molar-refractivity contribution is 0.927. The van der Waals surface area contributed by atoms with Crippen molar-refractivity contribution < 1.29 is 0 Å². The molecule has 0 aromatic heterocycles. The van der Waals surface area contributed by atoms with Crippen molar-refractivity contribution in [2.24, 2.45) is 0 Å². The van der Waals surface area contributed by atoms with Crippen molar-refractivity contribution in [2.45, 2.75) is 47.0 Å². The highest BCUT2D eigenvalue weighted by Crippen LogP contribution is 2.24. The van der Waals surface area contributed by atoms with Gasteiger partial charge in [-0.2, -0.15) is 0 Å². The molecule has 0 heterocycles. The Balaban J connectivity index is 0. The van der Waals surface area contributed by atoms with Crippen LogP contribution in [0.25, 0.3) is 0 Å². The third-order valence-electron chi connectivity index (χ3n) is 2.61. The second-order valence-corrected chi connectivity index (χ2v) is 5.56. The summed E-state index contributed by atoms with van der Waals surface area (Å²) in [4.78, 5) is 0. The summed E-state index contributed by atoms with van der Waals surface area (Å²) in [6.45, 7) is 13.8. The van der Waals surface area contributed by atoms with E-state index in [2.05, 4.69) is 67.6 Å². The van der Waals surface area contributed by atoms with Gasteiger partial charge in [0.2, 0.25) is 0 Å². The Morgan fingerprint density at radius 2 is 1.95 bits per heavy atom. The van der Waals surface area contributed by atoms with Gasteiger partial charge in [-0.3, -0.25) is 0 Å². The van der Waals surface area contributed by atoms with Gasteiger partial charge in [0.05, 0.1) is 0 Å². The van der Waals surface area contributed by atoms with Crippen LogP contribution in [0.3, 0.4) is 0 Å². The highest BCUT2D eigenvalue weighted by Gasteiger charge is 2.06. The first-order valence-corrected chi connectivity index (χ1v) is 8.39. The molecule has 1 aromatic carbocycles. The summed E-state index contributed by atoms with van der Waals surface area (Å²) in [6.07, 6.45) is 6.49. The van der Waals surface area contributed by atoms with Crippen molar-refractivity contribution in [3.63, 3.8) is 0 Å². The fourth-order valence-corrected chi connectivity index (χ4v) is 1.91. The molecular formula is C18H27BrClN. The van der Waals surface area contributed by atoms with Gasteiger partial charge in [-0.25, -0.2) is 0 Å². The Labute approximate surface area is 143 Å². The molecule has 3 heteroatoms. The summed E-state index contributed by atoms with van der Waals surface area (Å²) in [5, 5.41) is 7.22. The minimum atomic E-state index is 0.479. The second kappa shape index (κ2) is 14.1. The third kappa shape index (κ3) is 10.5. The van der Waals surface area contributed by atoms with Gasteiger partial charge >= 0.3 is 0 Å². The standard InChI is InChI=1S/C13H17Cl.C3H4BrN.C2H6/c1-4-6-10(3)13-8-7-12(14)9-11(13)5-2;1-3(4)2-5;1-2/h4,6-10H,5H2,1-3H3;2,5H,1H2;1-2H3/b6-4+;;/t10-;;/m0../s1. The first-order valence-electron chi connectivity index (χ1n) is 7.22. The van der Waals surface area contributed by atoms with Gasteiger partial charge in [0.25, 0.3) is 0 Å². The van der Waals surface area contributed by atoms with Gasteiger partial charge in [0.1, 0.15) is 0 Å². The Morgan fingerprint density at radius 1 is 1.43 bits per heavy atom. The number of aryl methyl sites for hydroxylation is 1. The molecule has 1 N–H and O–H groups in total. The highest BCUT2D eigenvalue weighted by molar-refractivity contribution is 9.12. The van der Waals surface area contributed by atoms with E-state index in [0.29, 0.717) is 10.4 Å². The number of nitrogens with one attached hydrogen (secondary N) is 1. The summed E-state index contributed by atoms with van der Waals surface area (Å²) in [6, 6.07) is 6.17. The molecule has 0 fully saturated rings. The molecule has 1 rings (SSSR count). The lowest BCUT2D eigenvalue weighted by atomic mass is 9.94. The topological polar surface area (TPSA) is 23.9 Å². The van der Waals surface area contributed by atoms with Crippen molar-refractivity contribution in [1.29, 1.82) is 5.41 Å². The van der Waals surface area contributed by atoms with Crippen molar-refractivity contribution >= 4 is 33.7 Å². The zero-order chi connectivity index (χ0) is 16.8. The Hall–Kier alpha value is -0.860. The lowest BCUT2D eigenvalue weighted by Crippen LogP contribution is -1.95. The first kappa shape index (κ1) is 22.4. The van der Waals surface area contributed by atoms with Gasteiger partial charge in [0, 0.05) is 15.7 Å². The lowest BCUT2D eigenvalue weighted by Gasteiger charge is -2.12. The summed E-state index contributed by atoms with van der Waals surface area (Å²) in [5.41, 5.74) is 2.73. The molecule has 0 amide bonds. The molecule has 0 aliphatic heterocycles. The van der Waals surface area contributed by atoms with Crippen molar-refractivity contribution in [1.82, 2.24) is 0 Å². The maximum absolute atomic E-state index is 6.39. The zero-order valence-corrected chi connectivity index (χ0v) is 16.1. The van der Waals surface area contributed by atoms with Gasteiger partial charge in [-0.1, -0.05) is 64.1 Å². The minimum absolute atomic E-state index is 0.479. The molecule has 0 saturated heterocycles. The van der Waals surface area contributed by atoms with Crippen molar-refractivity contribution in [3.05, 3.63) is 57.6 Å². The van der Waals surface area contributed by atoms with Crippen LogP contribution in [-0.2, 0) is 6.42 Å². The number of allylic oxidation sites excluding steroid dienone is 3. The van der Waals surface area contributed by atoms with Crippen molar-refractivity contribution in [2.75, 3.05) is 0 Å². The van der Waals surface area contributed by atoms with E-state index in [0.717, 1.165) is 17.7 Å². The fourth-order valence-electron chi connectivity index (χ4n) is 1.72. The number of hydrogen-bond donors (Lipinski definition) is 1. The van der Waals surface area contributed by atoms with Crippen LogP contribution in [0.15, 0.2) is 41.4 Å². The number of rotatable bonds is 4. The second-order valence-electron chi connectivity index (χ2n) is 4.10. The van der Waals surface area contributed by atoms with E-state index >= 15 is 0 Å². The molecule has 0 bridgehead atoms. The summed E-state index contributed by atoms with van der Waals surface area (Å²) < 4.78 is 0.609. The molecule has 118 valence electrons. The average Bonchev–Trinajstić information content (AvgIpc) is 2.49. The molecule has 1 aromatic rings. The van der Waals surface area contributed by atoms with Crippen LogP contribution in [0.4, 0.5) is 0 Å². The van der Waals surface area contributed by atoms with E-state index in [1.807, 2.05) is 19.9 Å². The van der Waals surface area contributed by atoms with E-state index in [1.54, 1.807) is 0 Å². The molecule has 0 aliphatic carbocycles. The molecule has 0 unspecified atom stereocenters. The van der Waals surface area contributed by atoms with Crippen LogP contribution in [0.1, 0.15) is 51.7 Å². The molecule has 0 saturated carbocycles. The SMILES string of the molecule is C/C=C/[C@H](C)c1ccc(Cl)cc1CC.C=C(Br)C=N.CC. The van der Waals surface area contributed by atoms with E-state index in [4.69, 9.17) is 17.0 Å². The van der Waals surface area contributed by atoms with Gasteiger partial charge in [-0.05, 0) is 58.5 Å². The monoisotopic (exact) mass is 371 g/mol. The number of halogens is 2. The fraction of sp³-hybridized carbons (Fsp3) is 0.389. The molecular weight excluding hydrogens is 346 g/mol. The number of hydrogen-bond acceptors (Lipinski definition) is 1. The quantitative estimate of drug-likeness (QED) is 0.428. The zero-order valence-electron chi connectivity index (χ0n) is 13.7. The van der Waals surface area contributed by atoms with Gasteiger partial charge in [0.15, 0.2) is 0 Å². The number of benzene rings is 1. The molecule has 0 radical (unpaired) electrons. The van der Waals surface area contributed by atoms with Crippen LogP contribution >= 0.6 is 27.5 Å². The third-order valence-corrected chi connectivity index (χ3v) is 3.08. The normalized spacial score (nSPS) is 10.8.